The molecule has 0 spiro atoms. The second-order valence-corrected chi connectivity index (χ2v) is 19.0. The topological polar surface area (TPSA) is 95.9 Å². The van der Waals surface area contributed by atoms with E-state index in [1.165, 1.54) is 180 Å². The second kappa shape index (κ2) is 50.3. The highest BCUT2D eigenvalue weighted by molar-refractivity contribution is 5.77. The first kappa shape index (κ1) is 60.3. The quantitative estimate of drug-likeness (QED) is 0.0321. The Labute approximate surface area is 386 Å². The highest BCUT2D eigenvalue weighted by Gasteiger charge is 2.24. The van der Waals surface area contributed by atoms with Crippen LogP contribution in [-0.4, -0.2) is 46.9 Å². The summed E-state index contributed by atoms with van der Waals surface area (Å²) in [4.78, 5) is 26.2. The average Bonchev–Trinajstić information content (AvgIpc) is 3.26. The molecule has 0 saturated heterocycles. The Bertz CT molecular complexity index is 981. The molecule has 0 fully saturated rings. The van der Waals surface area contributed by atoms with Gasteiger partial charge in [-0.25, -0.2) is 0 Å². The lowest BCUT2D eigenvalue weighted by Gasteiger charge is -2.24. The molecule has 6 heteroatoms. The van der Waals surface area contributed by atoms with Crippen molar-refractivity contribution < 1.29 is 24.5 Å². The number of aliphatic hydroxyl groups excluding tert-OH is 2. The third-order valence-corrected chi connectivity index (χ3v) is 12.8. The molecule has 6 nitrogen and oxygen atoms in total. The number of carbonyl (C=O) groups is 2. The summed E-state index contributed by atoms with van der Waals surface area (Å²) in [6.07, 6.45) is 58.1. The van der Waals surface area contributed by atoms with E-state index in [0.29, 0.717) is 19.3 Å². The van der Waals surface area contributed by atoms with Gasteiger partial charge in [0.2, 0.25) is 5.91 Å². The van der Waals surface area contributed by atoms with Crippen molar-refractivity contribution in [3.8, 4) is 0 Å². The molecule has 3 N–H and O–H groups in total. The van der Waals surface area contributed by atoms with E-state index in [4.69, 9.17) is 4.74 Å². The molecule has 0 aromatic heterocycles. The van der Waals surface area contributed by atoms with Crippen molar-refractivity contribution in [1.82, 2.24) is 5.32 Å². The van der Waals surface area contributed by atoms with Gasteiger partial charge in [0.15, 0.2) is 0 Å². The average molecular weight is 874 g/mol. The van der Waals surface area contributed by atoms with Crippen LogP contribution in [0.3, 0.4) is 0 Å². The molecule has 0 bridgehead atoms. The highest BCUT2D eigenvalue weighted by atomic mass is 16.5. The van der Waals surface area contributed by atoms with Gasteiger partial charge in [0.05, 0.1) is 25.2 Å². The fourth-order valence-corrected chi connectivity index (χ4v) is 8.58. The van der Waals surface area contributed by atoms with E-state index < -0.39 is 18.2 Å². The van der Waals surface area contributed by atoms with E-state index in [1.807, 2.05) is 0 Å². The van der Waals surface area contributed by atoms with Crippen LogP contribution in [0.2, 0.25) is 0 Å². The number of nitrogens with one attached hydrogen (secondary N) is 1. The van der Waals surface area contributed by atoms with Crippen molar-refractivity contribution in [3.63, 3.8) is 0 Å². The van der Waals surface area contributed by atoms with E-state index in [0.717, 1.165) is 70.6 Å². The Kier molecular flexibility index (Phi) is 49.0. The summed E-state index contributed by atoms with van der Waals surface area (Å²) in [5, 5.41) is 23.8. The fraction of sp³-hybridized carbons (Fsp3) is 0.893. The van der Waals surface area contributed by atoms with Gasteiger partial charge in [-0.15, -0.1) is 0 Å². The Morgan fingerprint density at radius 2 is 0.823 bits per heavy atom. The Balaban J connectivity index is 4.54. The lowest BCUT2D eigenvalue weighted by Crippen LogP contribution is -2.46. The molecule has 0 aliphatic carbocycles. The molecule has 3 atom stereocenters. The monoisotopic (exact) mass is 874 g/mol. The Hall–Kier alpha value is -1.66. The number of hydrogen-bond acceptors (Lipinski definition) is 5. The first-order chi connectivity index (χ1) is 30.5. The van der Waals surface area contributed by atoms with Crippen LogP contribution in [0.25, 0.3) is 0 Å². The third kappa shape index (κ3) is 44.9. The van der Waals surface area contributed by atoms with Gasteiger partial charge in [-0.05, 0) is 57.8 Å². The van der Waals surface area contributed by atoms with Crippen LogP contribution < -0.4 is 5.32 Å². The van der Waals surface area contributed by atoms with Crippen molar-refractivity contribution in [1.29, 1.82) is 0 Å². The molecule has 3 unspecified atom stereocenters. The minimum absolute atomic E-state index is 0.0777. The number of ether oxygens (including phenoxy) is 1. The van der Waals surface area contributed by atoms with Gasteiger partial charge in [-0.1, -0.05) is 251 Å². The van der Waals surface area contributed by atoms with Gasteiger partial charge in [0, 0.05) is 6.42 Å². The van der Waals surface area contributed by atoms with E-state index >= 15 is 0 Å². The van der Waals surface area contributed by atoms with Crippen LogP contribution in [0, 0.1) is 0 Å². The lowest BCUT2D eigenvalue weighted by atomic mass is 10.0. The molecule has 0 aromatic rings. The van der Waals surface area contributed by atoms with Crippen molar-refractivity contribution >= 4 is 11.9 Å². The number of carbonyl (C=O) groups excluding carboxylic acids is 2. The number of amides is 1. The minimum atomic E-state index is -0.785. The maximum absolute atomic E-state index is 13.2. The second-order valence-electron chi connectivity index (χ2n) is 19.0. The summed E-state index contributed by atoms with van der Waals surface area (Å²) >= 11 is 0. The number of allylic oxidation sites excluding steroid dienone is 4. The van der Waals surface area contributed by atoms with Gasteiger partial charge < -0.3 is 20.3 Å². The van der Waals surface area contributed by atoms with Crippen LogP contribution >= 0.6 is 0 Å². The highest BCUT2D eigenvalue weighted by Crippen LogP contribution is 2.18. The van der Waals surface area contributed by atoms with Crippen LogP contribution in [0.1, 0.15) is 297 Å². The van der Waals surface area contributed by atoms with Gasteiger partial charge >= 0.3 is 5.97 Å². The molecule has 62 heavy (non-hydrogen) atoms. The van der Waals surface area contributed by atoms with Gasteiger partial charge in [0.25, 0.3) is 0 Å². The predicted molar refractivity (Wildman–Crippen MR) is 269 cm³/mol. The predicted octanol–water partition coefficient (Wildman–Crippen LogP) is 16.7. The summed E-state index contributed by atoms with van der Waals surface area (Å²) in [7, 11) is 0. The number of esters is 1. The van der Waals surface area contributed by atoms with E-state index in [-0.39, 0.29) is 24.9 Å². The molecular formula is C56H107NO5. The molecule has 0 aliphatic heterocycles. The molecular weight excluding hydrogens is 767 g/mol. The first-order valence-corrected chi connectivity index (χ1v) is 27.6. The van der Waals surface area contributed by atoms with Gasteiger partial charge in [0.1, 0.15) is 6.10 Å². The summed E-state index contributed by atoms with van der Waals surface area (Å²) in [5.74, 6) is -0.465. The van der Waals surface area contributed by atoms with Crippen molar-refractivity contribution in [3.05, 3.63) is 24.3 Å². The van der Waals surface area contributed by atoms with E-state index in [2.05, 4.69) is 50.4 Å². The molecule has 1 amide bonds. The fourth-order valence-electron chi connectivity index (χ4n) is 8.58. The van der Waals surface area contributed by atoms with Crippen LogP contribution in [-0.2, 0) is 14.3 Å². The molecule has 0 heterocycles. The van der Waals surface area contributed by atoms with E-state index in [1.54, 1.807) is 0 Å². The van der Waals surface area contributed by atoms with Crippen LogP contribution in [0.4, 0.5) is 0 Å². The maximum atomic E-state index is 13.2. The molecule has 0 aromatic carbocycles. The summed E-state index contributed by atoms with van der Waals surface area (Å²) in [6, 6.07) is -0.699. The number of rotatable bonds is 50. The summed E-state index contributed by atoms with van der Waals surface area (Å²) in [5.41, 5.74) is 0. The van der Waals surface area contributed by atoms with Gasteiger partial charge in [-0.2, -0.15) is 0 Å². The molecule has 0 aliphatic rings. The summed E-state index contributed by atoms with van der Waals surface area (Å²) in [6.45, 7) is 6.47. The van der Waals surface area contributed by atoms with E-state index in [9.17, 15) is 19.8 Å². The number of hydrogen-bond donors (Lipinski definition) is 3. The first-order valence-electron chi connectivity index (χ1n) is 27.6. The molecule has 366 valence electrons. The third-order valence-electron chi connectivity index (χ3n) is 12.8. The van der Waals surface area contributed by atoms with Gasteiger partial charge in [-0.3, -0.25) is 9.59 Å². The zero-order chi connectivity index (χ0) is 45.2. The largest absolute Gasteiger partial charge is 0.462 e. The van der Waals surface area contributed by atoms with Crippen molar-refractivity contribution in [2.75, 3.05) is 6.61 Å². The zero-order valence-electron chi connectivity index (χ0n) is 41.8. The normalized spacial score (nSPS) is 13.3. The van der Waals surface area contributed by atoms with Crippen LogP contribution in [0.15, 0.2) is 24.3 Å². The van der Waals surface area contributed by atoms with Crippen molar-refractivity contribution in [2.24, 2.45) is 0 Å². The SMILES string of the molecule is CCCCC/C=C\C/C=C\CCCCCCCCCC(CC(=O)NC(CO)C(O)CCCCCCCCCCCC)OC(=O)CCCCCCCCCCCCCCCCCC. The number of aliphatic hydroxyl groups is 2. The smallest absolute Gasteiger partial charge is 0.306 e. The maximum Gasteiger partial charge on any atom is 0.306 e. The minimum Gasteiger partial charge on any atom is -0.462 e. The zero-order valence-corrected chi connectivity index (χ0v) is 41.8. The lowest BCUT2D eigenvalue weighted by molar-refractivity contribution is -0.151. The molecule has 0 rings (SSSR count). The molecule has 0 radical (unpaired) electrons. The standard InChI is InChI=1S/C56H107NO5/c1-4-7-10-13-16-19-22-24-26-28-29-31-33-35-38-41-44-47-52(50-55(60)57-53(51-58)54(59)48-45-42-39-36-21-18-15-12-9-6-3)62-56(61)49-46-43-40-37-34-32-30-27-25-23-20-17-14-11-8-5-2/h16,19,24,26,52-54,58-59H,4-15,17-18,20-23,25,27-51H2,1-3H3,(H,57,60)/b19-16-,26-24-. The van der Waals surface area contributed by atoms with Crippen molar-refractivity contribution in [2.45, 2.75) is 315 Å². The summed E-state index contributed by atoms with van der Waals surface area (Å²) < 4.78 is 5.95. The Morgan fingerprint density at radius 1 is 0.468 bits per heavy atom. The number of unbranched alkanes of at least 4 members (excludes halogenated alkanes) is 34. The molecule has 0 saturated carbocycles. The van der Waals surface area contributed by atoms with Crippen LogP contribution in [0.5, 0.6) is 0 Å². The Morgan fingerprint density at radius 3 is 1.26 bits per heavy atom.